The molecule has 2 aliphatic carbocycles. The third-order valence-electron chi connectivity index (χ3n) is 11.1. The van der Waals surface area contributed by atoms with E-state index < -0.39 is 0 Å². The van der Waals surface area contributed by atoms with Gasteiger partial charge in [-0.15, -0.1) is 0 Å². The Morgan fingerprint density at radius 2 is 0.796 bits per heavy atom. The van der Waals surface area contributed by atoms with Crippen molar-refractivity contribution in [2.24, 2.45) is 0 Å². The molecule has 0 spiro atoms. The number of hydrogen-bond donors (Lipinski definition) is 0. The first-order valence-corrected chi connectivity index (χ1v) is 17.4. The highest BCUT2D eigenvalue weighted by molar-refractivity contribution is 5.90. The molecule has 0 heterocycles. The van der Waals surface area contributed by atoms with Gasteiger partial charge >= 0.3 is 0 Å². The van der Waals surface area contributed by atoms with E-state index in [1.54, 1.807) is 0 Å². The second kappa shape index (κ2) is 10.9. The number of nitrogens with zero attached hydrogens (tertiary/aromatic N) is 1. The third-order valence-corrected chi connectivity index (χ3v) is 11.1. The van der Waals surface area contributed by atoms with Crippen molar-refractivity contribution >= 4 is 17.1 Å². The van der Waals surface area contributed by atoms with Crippen LogP contribution in [0.3, 0.4) is 0 Å². The predicted molar refractivity (Wildman–Crippen MR) is 207 cm³/mol. The molecule has 0 saturated heterocycles. The van der Waals surface area contributed by atoms with Crippen molar-refractivity contribution in [3.05, 3.63) is 186 Å². The maximum absolute atomic E-state index is 2.45. The summed E-state index contributed by atoms with van der Waals surface area (Å²) in [4.78, 5) is 2.45. The number of fused-ring (bicyclic) bond motifs is 6. The van der Waals surface area contributed by atoms with Crippen molar-refractivity contribution in [1.29, 1.82) is 0 Å². The minimum absolute atomic E-state index is 0.0372. The summed E-state index contributed by atoms with van der Waals surface area (Å²) in [5.41, 5.74) is 19.1. The fraction of sp³-hybridized carbons (Fsp3) is 0.125. The summed E-state index contributed by atoms with van der Waals surface area (Å²) in [5, 5.41) is 0. The second-order valence-corrected chi connectivity index (χ2v) is 14.6. The quantitative estimate of drug-likeness (QED) is 0.183. The van der Waals surface area contributed by atoms with Crippen molar-refractivity contribution in [3.8, 4) is 44.5 Å². The Morgan fingerprint density at radius 3 is 1.53 bits per heavy atom. The van der Waals surface area contributed by atoms with Gasteiger partial charge in [-0.1, -0.05) is 149 Å². The molecule has 1 nitrogen and oxygen atoms in total. The van der Waals surface area contributed by atoms with Crippen LogP contribution in [-0.2, 0) is 10.8 Å². The van der Waals surface area contributed by atoms with Crippen LogP contribution in [0, 0.1) is 0 Å². The Kier molecular flexibility index (Phi) is 6.58. The highest BCUT2D eigenvalue weighted by Crippen LogP contribution is 2.53. The van der Waals surface area contributed by atoms with Crippen molar-refractivity contribution in [2.45, 2.75) is 38.5 Å². The molecule has 236 valence electrons. The smallest absolute Gasteiger partial charge is 0.0468 e. The lowest BCUT2D eigenvalue weighted by molar-refractivity contribution is 0.660. The first-order valence-electron chi connectivity index (χ1n) is 17.4. The van der Waals surface area contributed by atoms with E-state index >= 15 is 0 Å². The van der Waals surface area contributed by atoms with Gasteiger partial charge in [0, 0.05) is 27.9 Å². The lowest BCUT2D eigenvalue weighted by Gasteiger charge is -2.29. The van der Waals surface area contributed by atoms with Crippen LogP contribution < -0.4 is 4.90 Å². The number of benzene rings is 7. The lowest BCUT2D eigenvalue weighted by atomic mass is 9.81. The van der Waals surface area contributed by atoms with E-state index in [1.165, 1.54) is 72.4 Å². The molecule has 0 saturated carbocycles. The minimum Gasteiger partial charge on any atom is -0.310 e. The van der Waals surface area contributed by atoms with E-state index in [4.69, 9.17) is 0 Å². The summed E-state index contributed by atoms with van der Waals surface area (Å²) in [6.45, 7) is 9.46. The van der Waals surface area contributed by atoms with Crippen LogP contribution in [0.2, 0.25) is 0 Å². The number of hydrogen-bond acceptors (Lipinski definition) is 1. The Morgan fingerprint density at radius 1 is 0.306 bits per heavy atom. The number of anilines is 3. The van der Waals surface area contributed by atoms with Crippen LogP contribution >= 0.6 is 0 Å². The molecule has 7 aromatic carbocycles. The SMILES string of the molecule is CC1(C)c2ccccc2-c2cc(N(c3cccc(-c4ccccc4)c3)c3ccc4c(c3)C(C)(C)c3cc(-c5ccccc5)ccc3-4)ccc21. The predicted octanol–water partition coefficient (Wildman–Crippen LogP) is 13.1. The first kappa shape index (κ1) is 29.5. The van der Waals surface area contributed by atoms with Gasteiger partial charge in [0.25, 0.3) is 0 Å². The number of rotatable bonds is 5. The van der Waals surface area contributed by atoms with Crippen LogP contribution in [0.5, 0.6) is 0 Å². The average Bonchev–Trinajstić information content (AvgIpc) is 3.51. The Balaban J connectivity index is 1.21. The first-order chi connectivity index (χ1) is 23.8. The molecule has 1 heteroatoms. The van der Waals surface area contributed by atoms with Crippen LogP contribution in [0.4, 0.5) is 17.1 Å². The zero-order valence-corrected chi connectivity index (χ0v) is 28.5. The van der Waals surface area contributed by atoms with Crippen LogP contribution in [-0.4, -0.2) is 0 Å². The average molecular weight is 630 g/mol. The lowest BCUT2D eigenvalue weighted by Crippen LogP contribution is -2.17. The van der Waals surface area contributed by atoms with E-state index in [-0.39, 0.29) is 10.8 Å². The van der Waals surface area contributed by atoms with Gasteiger partial charge in [0.2, 0.25) is 0 Å². The molecule has 0 N–H and O–H groups in total. The van der Waals surface area contributed by atoms with Crippen molar-refractivity contribution < 1.29 is 0 Å². The van der Waals surface area contributed by atoms with Gasteiger partial charge in [-0.25, -0.2) is 0 Å². The van der Waals surface area contributed by atoms with E-state index in [2.05, 4.69) is 196 Å². The van der Waals surface area contributed by atoms with E-state index in [1.807, 2.05) is 0 Å². The molecule has 0 aromatic heterocycles. The molecule has 0 unspecified atom stereocenters. The molecule has 0 fully saturated rings. The normalized spacial score (nSPS) is 14.4. The standard InChI is InChI=1S/C48H39N/c1-47(2)43-21-12-11-20-39(43)42-30-37(24-27-44(42)47)49(36-19-13-18-34(28-36)32-14-7-5-8-15-32)38-23-26-41-40-25-22-35(33-16-9-6-10-17-33)29-45(40)48(3,4)46(41)31-38/h5-31H,1-4H3. The Labute approximate surface area is 290 Å². The van der Waals surface area contributed by atoms with Gasteiger partial charge in [-0.05, 0) is 109 Å². The molecule has 49 heavy (non-hydrogen) atoms. The summed E-state index contributed by atoms with van der Waals surface area (Å²) in [7, 11) is 0. The highest BCUT2D eigenvalue weighted by Gasteiger charge is 2.38. The Hall–Kier alpha value is -5.66. The fourth-order valence-corrected chi connectivity index (χ4v) is 8.42. The molecule has 0 amide bonds. The van der Waals surface area contributed by atoms with Crippen molar-refractivity contribution in [2.75, 3.05) is 4.90 Å². The molecule has 0 atom stereocenters. The summed E-state index contributed by atoms with van der Waals surface area (Å²) in [6, 6.07) is 60.5. The van der Waals surface area contributed by atoms with Gasteiger partial charge in [-0.2, -0.15) is 0 Å². The fourth-order valence-electron chi connectivity index (χ4n) is 8.42. The molecule has 0 aliphatic heterocycles. The maximum atomic E-state index is 2.45. The van der Waals surface area contributed by atoms with Crippen molar-refractivity contribution in [1.82, 2.24) is 0 Å². The zero-order valence-electron chi connectivity index (χ0n) is 28.5. The molecular weight excluding hydrogens is 591 g/mol. The van der Waals surface area contributed by atoms with Crippen molar-refractivity contribution in [3.63, 3.8) is 0 Å². The monoisotopic (exact) mass is 629 g/mol. The summed E-state index contributed by atoms with van der Waals surface area (Å²) in [5.74, 6) is 0. The van der Waals surface area contributed by atoms with E-state index in [9.17, 15) is 0 Å². The van der Waals surface area contributed by atoms with Crippen LogP contribution in [0.15, 0.2) is 164 Å². The second-order valence-electron chi connectivity index (χ2n) is 14.6. The van der Waals surface area contributed by atoms with Gasteiger partial charge in [0.1, 0.15) is 0 Å². The topological polar surface area (TPSA) is 3.24 Å². The van der Waals surface area contributed by atoms with Gasteiger partial charge in [0.15, 0.2) is 0 Å². The molecule has 0 radical (unpaired) electrons. The molecule has 0 bridgehead atoms. The van der Waals surface area contributed by atoms with Gasteiger partial charge < -0.3 is 4.90 Å². The van der Waals surface area contributed by atoms with Gasteiger partial charge in [-0.3, -0.25) is 0 Å². The minimum atomic E-state index is -0.149. The summed E-state index contributed by atoms with van der Waals surface area (Å²) >= 11 is 0. The van der Waals surface area contributed by atoms with Gasteiger partial charge in [0.05, 0.1) is 0 Å². The molecular formula is C48H39N. The third kappa shape index (κ3) is 4.60. The van der Waals surface area contributed by atoms with Crippen LogP contribution in [0.1, 0.15) is 49.9 Å². The van der Waals surface area contributed by atoms with E-state index in [0.717, 1.165) is 11.4 Å². The summed E-state index contributed by atoms with van der Waals surface area (Å²) in [6.07, 6.45) is 0. The highest BCUT2D eigenvalue weighted by atomic mass is 15.1. The molecule has 7 aromatic rings. The van der Waals surface area contributed by atoms with Crippen LogP contribution in [0.25, 0.3) is 44.5 Å². The Bertz CT molecular complexity index is 2380. The maximum Gasteiger partial charge on any atom is 0.0468 e. The zero-order chi connectivity index (χ0) is 33.3. The summed E-state index contributed by atoms with van der Waals surface area (Å²) < 4.78 is 0. The largest absolute Gasteiger partial charge is 0.310 e. The molecule has 2 aliphatic rings. The van der Waals surface area contributed by atoms with E-state index in [0.29, 0.717) is 0 Å². The molecule has 9 rings (SSSR count).